The summed E-state index contributed by atoms with van der Waals surface area (Å²) in [5, 5.41) is 2.72. The average Bonchev–Trinajstić information content (AvgIpc) is 2.89. The molecule has 7 nitrogen and oxygen atoms in total. The number of fused-ring (bicyclic) bond motifs is 4. The Morgan fingerprint density at radius 2 is 2.00 bits per heavy atom. The lowest BCUT2D eigenvalue weighted by molar-refractivity contribution is -0.146. The first-order valence-electron chi connectivity index (χ1n) is 9.48. The first-order chi connectivity index (χ1) is 13.1. The van der Waals surface area contributed by atoms with Crippen molar-refractivity contribution in [3.8, 4) is 0 Å². The molecule has 4 heterocycles. The van der Waals surface area contributed by atoms with E-state index in [0.717, 1.165) is 43.9 Å². The number of aryl methyl sites for hydroxylation is 1. The molecule has 2 aromatic rings. The number of para-hydroxylation sites is 1. The molecule has 2 bridgehead atoms. The van der Waals surface area contributed by atoms with E-state index in [4.69, 9.17) is 0 Å². The summed E-state index contributed by atoms with van der Waals surface area (Å²) in [5.74, 6) is -0.578. The number of hydrogen-bond donors (Lipinski definition) is 2. The second-order valence-corrected chi connectivity index (χ2v) is 7.54. The van der Waals surface area contributed by atoms with Gasteiger partial charge in [0, 0.05) is 43.6 Å². The Morgan fingerprint density at radius 3 is 2.74 bits per heavy atom. The van der Waals surface area contributed by atoms with Gasteiger partial charge >= 0.3 is 11.8 Å². The summed E-state index contributed by atoms with van der Waals surface area (Å²) >= 11 is 0. The molecule has 27 heavy (non-hydrogen) atoms. The summed E-state index contributed by atoms with van der Waals surface area (Å²) in [7, 11) is 0. The highest BCUT2D eigenvalue weighted by molar-refractivity contribution is 6.39. The Balaban J connectivity index is 1.43. The number of hydrogen-bond acceptors (Lipinski definition) is 4. The van der Waals surface area contributed by atoms with Gasteiger partial charge in [0.05, 0.1) is 12.0 Å². The highest BCUT2D eigenvalue weighted by atomic mass is 16.2. The van der Waals surface area contributed by atoms with Crippen molar-refractivity contribution >= 4 is 17.5 Å². The molecule has 0 radical (unpaired) electrons. The van der Waals surface area contributed by atoms with Gasteiger partial charge in [-0.1, -0.05) is 18.2 Å². The minimum absolute atomic E-state index is 0.0806. The molecule has 3 aliphatic rings. The number of aromatic nitrogens is 2. The summed E-state index contributed by atoms with van der Waals surface area (Å²) in [6.45, 7) is 5.18. The molecule has 3 fully saturated rings. The summed E-state index contributed by atoms with van der Waals surface area (Å²) in [6.07, 6.45) is 3.77. The second-order valence-electron chi connectivity index (χ2n) is 7.54. The number of H-pyrrole nitrogens is 1. The minimum atomic E-state index is -0.552. The Morgan fingerprint density at radius 1 is 1.19 bits per heavy atom. The molecule has 7 heteroatoms. The zero-order valence-corrected chi connectivity index (χ0v) is 15.5. The number of nitrogens with zero attached hydrogens (tertiary/aromatic N) is 3. The van der Waals surface area contributed by atoms with E-state index in [-0.39, 0.29) is 6.04 Å². The molecule has 2 atom stereocenters. The predicted octanol–water partition coefficient (Wildman–Crippen LogP) is 1.78. The monoisotopic (exact) mass is 367 g/mol. The van der Waals surface area contributed by atoms with Gasteiger partial charge in [-0.25, -0.2) is 4.98 Å². The van der Waals surface area contributed by atoms with Gasteiger partial charge in [-0.2, -0.15) is 0 Å². The molecule has 0 spiro atoms. The van der Waals surface area contributed by atoms with Crippen LogP contribution < -0.4 is 5.32 Å². The molecular formula is C20H25N5O2. The summed E-state index contributed by atoms with van der Waals surface area (Å²) < 4.78 is 0. The molecule has 1 aromatic carbocycles. The maximum Gasteiger partial charge on any atom is 0.313 e. The fourth-order valence-electron chi connectivity index (χ4n) is 4.15. The van der Waals surface area contributed by atoms with Crippen LogP contribution in [-0.2, 0) is 16.1 Å². The van der Waals surface area contributed by atoms with Crippen LogP contribution in [0.3, 0.4) is 0 Å². The number of imidazole rings is 1. The Bertz CT molecular complexity index is 819. The van der Waals surface area contributed by atoms with Gasteiger partial charge in [0.25, 0.3) is 0 Å². The standard InChI is InChI=1S/C20H25N5O2/c1-14-18(22-13-21-14)12-24-9-15-7-8-17(11-24)25(10-15)20(27)19(26)23-16-5-3-2-4-6-16/h2-6,13,15,17H,7-12H2,1H3,(H,21,22)(H,23,26)/t15-,17+/m0/s1. The van der Waals surface area contributed by atoms with E-state index >= 15 is 0 Å². The summed E-state index contributed by atoms with van der Waals surface area (Å²) in [5.41, 5.74) is 2.78. The Labute approximate surface area is 158 Å². The Hall–Kier alpha value is -2.67. The van der Waals surface area contributed by atoms with Crippen LogP contribution in [-0.4, -0.2) is 57.3 Å². The number of rotatable bonds is 3. The SMILES string of the molecule is Cc1[nH]cnc1CN1C[C@@H]2CC[C@H](C1)N(C(=O)C(=O)Nc1ccccc1)C2. The molecule has 0 aliphatic carbocycles. The number of aromatic amines is 1. The summed E-state index contributed by atoms with van der Waals surface area (Å²) in [6, 6.07) is 9.20. The van der Waals surface area contributed by atoms with Crippen LogP contribution in [0.15, 0.2) is 36.7 Å². The van der Waals surface area contributed by atoms with Gasteiger partial charge in [-0.05, 0) is 37.8 Å². The highest BCUT2D eigenvalue weighted by Gasteiger charge is 2.39. The molecule has 2 N–H and O–H groups in total. The van der Waals surface area contributed by atoms with E-state index < -0.39 is 11.8 Å². The van der Waals surface area contributed by atoms with E-state index in [1.54, 1.807) is 23.4 Å². The number of anilines is 1. The molecule has 0 saturated carbocycles. The largest absolute Gasteiger partial charge is 0.348 e. The third kappa shape index (κ3) is 3.88. The molecule has 142 valence electrons. The van der Waals surface area contributed by atoms with Crippen LogP contribution in [0.1, 0.15) is 24.2 Å². The first-order valence-corrected chi connectivity index (χ1v) is 9.48. The van der Waals surface area contributed by atoms with Gasteiger partial charge in [-0.15, -0.1) is 0 Å². The molecule has 3 saturated heterocycles. The average molecular weight is 367 g/mol. The van der Waals surface area contributed by atoms with Crippen LogP contribution in [0.2, 0.25) is 0 Å². The third-order valence-corrected chi connectivity index (χ3v) is 5.58. The highest BCUT2D eigenvalue weighted by Crippen LogP contribution is 2.29. The molecular weight excluding hydrogens is 342 g/mol. The van der Waals surface area contributed by atoms with Crippen molar-refractivity contribution in [3.05, 3.63) is 48.0 Å². The molecule has 3 aliphatic heterocycles. The van der Waals surface area contributed by atoms with Crippen LogP contribution >= 0.6 is 0 Å². The molecule has 2 amide bonds. The van der Waals surface area contributed by atoms with Crippen LogP contribution in [0, 0.1) is 12.8 Å². The third-order valence-electron chi connectivity index (χ3n) is 5.58. The van der Waals surface area contributed by atoms with E-state index in [9.17, 15) is 9.59 Å². The normalized spacial score (nSPS) is 22.5. The van der Waals surface area contributed by atoms with E-state index in [2.05, 4.69) is 20.2 Å². The molecule has 5 rings (SSSR count). The zero-order valence-electron chi connectivity index (χ0n) is 15.5. The fourth-order valence-corrected chi connectivity index (χ4v) is 4.15. The molecule has 0 unspecified atom stereocenters. The topological polar surface area (TPSA) is 81.3 Å². The zero-order chi connectivity index (χ0) is 18.8. The lowest BCUT2D eigenvalue weighted by atomic mass is 9.95. The number of piperidine rings is 1. The first kappa shape index (κ1) is 17.7. The number of benzene rings is 1. The van der Waals surface area contributed by atoms with Crippen molar-refractivity contribution in [2.75, 3.05) is 25.0 Å². The van der Waals surface area contributed by atoms with E-state index in [1.165, 1.54) is 0 Å². The number of carbonyl (C=O) groups excluding carboxylic acids is 2. The lowest BCUT2D eigenvalue weighted by Crippen LogP contribution is -2.51. The van der Waals surface area contributed by atoms with Crippen molar-refractivity contribution in [2.45, 2.75) is 32.4 Å². The quantitative estimate of drug-likeness (QED) is 0.811. The maximum atomic E-state index is 12.8. The van der Waals surface area contributed by atoms with Gasteiger partial charge in [0.2, 0.25) is 0 Å². The van der Waals surface area contributed by atoms with Crippen LogP contribution in [0.25, 0.3) is 0 Å². The second kappa shape index (κ2) is 7.52. The van der Waals surface area contributed by atoms with Crippen molar-refractivity contribution in [1.82, 2.24) is 19.8 Å². The smallest absolute Gasteiger partial charge is 0.313 e. The maximum absolute atomic E-state index is 12.8. The lowest BCUT2D eigenvalue weighted by Gasteiger charge is -2.35. The van der Waals surface area contributed by atoms with Gasteiger partial charge in [0.1, 0.15) is 0 Å². The van der Waals surface area contributed by atoms with Crippen LogP contribution in [0.5, 0.6) is 0 Å². The van der Waals surface area contributed by atoms with Crippen LogP contribution in [0.4, 0.5) is 5.69 Å². The number of carbonyl (C=O) groups is 2. The van der Waals surface area contributed by atoms with E-state index in [1.807, 2.05) is 25.1 Å². The van der Waals surface area contributed by atoms with Crippen molar-refractivity contribution < 1.29 is 9.59 Å². The Kier molecular flexibility index (Phi) is 4.94. The van der Waals surface area contributed by atoms with Gasteiger partial charge < -0.3 is 15.2 Å². The number of nitrogens with one attached hydrogen (secondary N) is 2. The fraction of sp³-hybridized carbons (Fsp3) is 0.450. The van der Waals surface area contributed by atoms with E-state index in [0.29, 0.717) is 18.2 Å². The van der Waals surface area contributed by atoms with Crippen molar-refractivity contribution in [1.29, 1.82) is 0 Å². The van der Waals surface area contributed by atoms with Gasteiger partial charge in [-0.3, -0.25) is 14.5 Å². The minimum Gasteiger partial charge on any atom is -0.348 e. The molecule has 1 aromatic heterocycles. The number of amides is 2. The summed E-state index contributed by atoms with van der Waals surface area (Å²) in [4.78, 5) is 36.9. The van der Waals surface area contributed by atoms with Crippen molar-refractivity contribution in [2.24, 2.45) is 5.92 Å². The van der Waals surface area contributed by atoms with Gasteiger partial charge in [0.15, 0.2) is 0 Å². The predicted molar refractivity (Wildman–Crippen MR) is 102 cm³/mol. The van der Waals surface area contributed by atoms with Crippen molar-refractivity contribution in [3.63, 3.8) is 0 Å².